The maximum absolute atomic E-state index is 3.57. The fourth-order valence-electron chi connectivity index (χ4n) is 3.77. The van der Waals surface area contributed by atoms with E-state index in [0.29, 0.717) is 5.41 Å². The lowest BCUT2D eigenvalue weighted by atomic mass is 9.65. The third-order valence-corrected chi connectivity index (χ3v) is 4.91. The van der Waals surface area contributed by atoms with Gasteiger partial charge in [-0.2, -0.15) is 0 Å². The Bertz CT molecular complexity index is 422. The molecule has 1 aliphatic rings. The summed E-state index contributed by atoms with van der Waals surface area (Å²) in [5, 5.41) is 3.57. The molecule has 0 heterocycles. The van der Waals surface area contributed by atoms with Crippen LogP contribution in [0.3, 0.4) is 0 Å². The lowest BCUT2D eigenvalue weighted by Crippen LogP contribution is -2.37. The van der Waals surface area contributed by atoms with Crippen molar-refractivity contribution < 1.29 is 0 Å². The van der Waals surface area contributed by atoms with Crippen LogP contribution in [0.4, 0.5) is 0 Å². The molecular weight excluding hydrogens is 242 g/mol. The van der Waals surface area contributed by atoms with Crippen LogP contribution in [0.25, 0.3) is 0 Å². The molecule has 0 spiro atoms. The summed E-state index contributed by atoms with van der Waals surface area (Å²) in [5.41, 5.74) is 3.44. The van der Waals surface area contributed by atoms with Crippen molar-refractivity contribution in [3.8, 4) is 0 Å². The van der Waals surface area contributed by atoms with Gasteiger partial charge < -0.3 is 5.32 Å². The highest BCUT2D eigenvalue weighted by Gasteiger charge is 2.34. The van der Waals surface area contributed by atoms with Crippen molar-refractivity contribution in [2.75, 3.05) is 13.1 Å². The number of aryl methyl sites for hydroxylation is 1. The van der Waals surface area contributed by atoms with Crippen LogP contribution in [0.2, 0.25) is 0 Å². The van der Waals surface area contributed by atoms with Gasteiger partial charge in [-0.15, -0.1) is 0 Å². The van der Waals surface area contributed by atoms with Gasteiger partial charge in [-0.1, -0.05) is 50.6 Å². The fraction of sp³-hybridized carbons (Fsp3) is 0.684. The first-order valence-corrected chi connectivity index (χ1v) is 8.26. The van der Waals surface area contributed by atoms with Crippen molar-refractivity contribution in [3.63, 3.8) is 0 Å². The summed E-state index contributed by atoms with van der Waals surface area (Å²) < 4.78 is 0. The molecule has 1 aromatic carbocycles. The van der Waals surface area contributed by atoms with Gasteiger partial charge in [0.2, 0.25) is 0 Å². The lowest BCUT2D eigenvalue weighted by Gasteiger charge is -2.41. The summed E-state index contributed by atoms with van der Waals surface area (Å²) in [6.07, 6.45) is 5.39. The molecule has 2 atom stereocenters. The van der Waals surface area contributed by atoms with E-state index in [0.717, 1.165) is 18.4 Å². The Balaban J connectivity index is 2.06. The average Bonchev–Trinajstić information content (AvgIpc) is 2.37. The van der Waals surface area contributed by atoms with Crippen molar-refractivity contribution >= 4 is 0 Å². The predicted molar refractivity (Wildman–Crippen MR) is 88.0 cm³/mol. The highest BCUT2D eigenvalue weighted by molar-refractivity contribution is 5.22. The standard InChI is InChI=1S/C19H31N/c1-5-20-14-17-9-10-19(3,4)13-18(17)12-16-8-6-7-15(2)11-16/h6-8,11,17-18,20H,5,9-10,12-14H2,1-4H3. The first-order valence-electron chi connectivity index (χ1n) is 8.26. The molecular formula is C19H31N. The summed E-state index contributed by atoms with van der Waals surface area (Å²) in [5.74, 6) is 1.68. The Morgan fingerprint density at radius 3 is 2.75 bits per heavy atom. The molecule has 0 bridgehead atoms. The lowest BCUT2D eigenvalue weighted by molar-refractivity contribution is 0.116. The second-order valence-electron chi connectivity index (χ2n) is 7.43. The third-order valence-electron chi connectivity index (χ3n) is 4.91. The topological polar surface area (TPSA) is 12.0 Å². The average molecular weight is 273 g/mol. The van der Waals surface area contributed by atoms with Crippen LogP contribution in [0.1, 0.15) is 51.2 Å². The second kappa shape index (κ2) is 6.76. The van der Waals surface area contributed by atoms with E-state index in [1.807, 2.05) is 0 Å². The molecule has 0 aromatic heterocycles. The van der Waals surface area contributed by atoms with Crippen molar-refractivity contribution in [1.82, 2.24) is 5.32 Å². The first-order chi connectivity index (χ1) is 9.50. The van der Waals surface area contributed by atoms with Gasteiger partial charge in [-0.05, 0) is 68.5 Å². The van der Waals surface area contributed by atoms with Crippen LogP contribution >= 0.6 is 0 Å². The van der Waals surface area contributed by atoms with Crippen LogP contribution in [0.15, 0.2) is 24.3 Å². The van der Waals surface area contributed by atoms with Gasteiger partial charge in [0.05, 0.1) is 0 Å². The van der Waals surface area contributed by atoms with E-state index in [-0.39, 0.29) is 0 Å². The molecule has 1 N–H and O–H groups in total. The minimum Gasteiger partial charge on any atom is -0.317 e. The molecule has 1 nitrogen and oxygen atoms in total. The van der Waals surface area contributed by atoms with Gasteiger partial charge in [-0.3, -0.25) is 0 Å². The molecule has 112 valence electrons. The monoisotopic (exact) mass is 273 g/mol. The molecule has 0 amide bonds. The number of hydrogen-bond acceptors (Lipinski definition) is 1. The molecule has 2 rings (SSSR count). The van der Waals surface area contributed by atoms with Crippen LogP contribution in [-0.4, -0.2) is 13.1 Å². The summed E-state index contributed by atoms with van der Waals surface area (Å²) in [4.78, 5) is 0. The SMILES string of the molecule is CCNCC1CCC(C)(C)CC1Cc1cccc(C)c1. The van der Waals surface area contributed by atoms with E-state index in [2.05, 4.69) is 57.3 Å². The molecule has 1 heteroatoms. The molecule has 2 unspecified atom stereocenters. The van der Waals surface area contributed by atoms with Crippen molar-refractivity contribution in [1.29, 1.82) is 0 Å². The van der Waals surface area contributed by atoms with Crippen molar-refractivity contribution in [2.24, 2.45) is 17.3 Å². The van der Waals surface area contributed by atoms with Gasteiger partial charge in [-0.25, -0.2) is 0 Å². The van der Waals surface area contributed by atoms with Crippen LogP contribution < -0.4 is 5.32 Å². The maximum Gasteiger partial charge on any atom is -0.00179 e. The normalized spacial score (nSPS) is 25.6. The number of rotatable bonds is 5. The molecule has 0 aliphatic heterocycles. The zero-order chi connectivity index (χ0) is 14.6. The molecule has 1 fully saturated rings. The highest BCUT2D eigenvalue weighted by atomic mass is 14.8. The van der Waals surface area contributed by atoms with E-state index in [4.69, 9.17) is 0 Å². The summed E-state index contributed by atoms with van der Waals surface area (Å²) in [7, 11) is 0. The minimum atomic E-state index is 0.525. The first kappa shape index (κ1) is 15.6. The Morgan fingerprint density at radius 1 is 1.25 bits per heavy atom. The van der Waals surface area contributed by atoms with E-state index in [9.17, 15) is 0 Å². The van der Waals surface area contributed by atoms with E-state index < -0.39 is 0 Å². The van der Waals surface area contributed by atoms with Crippen molar-refractivity contribution in [2.45, 2.75) is 53.4 Å². The molecule has 0 radical (unpaired) electrons. The molecule has 1 aromatic rings. The van der Waals surface area contributed by atoms with Crippen LogP contribution in [-0.2, 0) is 6.42 Å². The Labute approximate surface area is 125 Å². The van der Waals surface area contributed by atoms with E-state index in [1.54, 1.807) is 0 Å². The molecule has 1 saturated carbocycles. The molecule has 0 saturated heterocycles. The number of benzene rings is 1. The van der Waals surface area contributed by atoms with Crippen molar-refractivity contribution in [3.05, 3.63) is 35.4 Å². The summed E-state index contributed by atoms with van der Waals surface area (Å²) in [6, 6.07) is 9.08. The number of nitrogens with one attached hydrogen (secondary N) is 1. The maximum atomic E-state index is 3.57. The van der Waals surface area contributed by atoms with Gasteiger partial charge in [0.25, 0.3) is 0 Å². The molecule has 20 heavy (non-hydrogen) atoms. The highest BCUT2D eigenvalue weighted by Crippen LogP contribution is 2.43. The molecule has 1 aliphatic carbocycles. The minimum absolute atomic E-state index is 0.525. The van der Waals surface area contributed by atoms with E-state index >= 15 is 0 Å². The largest absolute Gasteiger partial charge is 0.317 e. The zero-order valence-corrected chi connectivity index (χ0v) is 13.7. The zero-order valence-electron chi connectivity index (χ0n) is 13.7. The predicted octanol–water partition coefficient (Wildman–Crippen LogP) is 4.59. The van der Waals surface area contributed by atoms with Gasteiger partial charge in [0.1, 0.15) is 0 Å². The summed E-state index contributed by atoms with van der Waals surface area (Å²) in [6.45, 7) is 11.6. The van der Waals surface area contributed by atoms with Gasteiger partial charge >= 0.3 is 0 Å². The Hall–Kier alpha value is -0.820. The van der Waals surface area contributed by atoms with E-state index in [1.165, 1.54) is 43.4 Å². The van der Waals surface area contributed by atoms with Gasteiger partial charge in [0, 0.05) is 0 Å². The Morgan fingerprint density at radius 2 is 2.05 bits per heavy atom. The summed E-state index contributed by atoms with van der Waals surface area (Å²) >= 11 is 0. The Kier molecular flexibility index (Phi) is 5.26. The third kappa shape index (κ3) is 4.34. The number of hydrogen-bond donors (Lipinski definition) is 1. The van der Waals surface area contributed by atoms with Gasteiger partial charge in [0.15, 0.2) is 0 Å². The van der Waals surface area contributed by atoms with Crippen LogP contribution in [0.5, 0.6) is 0 Å². The quantitative estimate of drug-likeness (QED) is 0.827. The fourth-order valence-corrected chi connectivity index (χ4v) is 3.77. The smallest absolute Gasteiger partial charge is 0.00179 e. The van der Waals surface area contributed by atoms with Crippen LogP contribution in [0, 0.1) is 24.2 Å². The second-order valence-corrected chi connectivity index (χ2v) is 7.43.